The highest BCUT2D eigenvalue weighted by molar-refractivity contribution is 8.01. The van der Waals surface area contributed by atoms with Crippen molar-refractivity contribution >= 4 is 39.8 Å². The SMILES string of the molecule is COc1ccc(OC)c([C@@H]2CCCN2C(=O)CSc2nnc(Nc3cccc(C)c3)s2)c1. The Kier molecular flexibility index (Phi) is 7.16. The number of amides is 1. The number of methoxy groups -OCH3 is 2. The van der Waals surface area contributed by atoms with Gasteiger partial charge in [0.25, 0.3) is 0 Å². The number of benzene rings is 2. The smallest absolute Gasteiger partial charge is 0.233 e. The van der Waals surface area contributed by atoms with Gasteiger partial charge in [0.15, 0.2) is 4.34 Å². The van der Waals surface area contributed by atoms with Crippen LogP contribution < -0.4 is 14.8 Å². The monoisotopic (exact) mass is 470 g/mol. The first-order chi connectivity index (χ1) is 15.6. The van der Waals surface area contributed by atoms with Gasteiger partial charge >= 0.3 is 0 Å². The van der Waals surface area contributed by atoms with Crippen molar-refractivity contribution in [1.82, 2.24) is 15.1 Å². The molecule has 2 aromatic carbocycles. The molecule has 1 atom stereocenters. The van der Waals surface area contributed by atoms with Crippen molar-refractivity contribution in [2.45, 2.75) is 30.1 Å². The first kappa shape index (κ1) is 22.4. The largest absolute Gasteiger partial charge is 0.497 e. The summed E-state index contributed by atoms with van der Waals surface area (Å²) in [6.07, 6.45) is 1.87. The number of carbonyl (C=O) groups is 1. The number of hydrogen-bond donors (Lipinski definition) is 1. The number of nitrogens with one attached hydrogen (secondary N) is 1. The van der Waals surface area contributed by atoms with E-state index in [1.165, 1.54) is 28.7 Å². The van der Waals surface area contributed by atoms with E-state index in [4.69, 9.17) is 9.47 Å². The fourth-order valence-electron chi connectivity index (χ4n) is 3.86. The molecule has 1 N–H and O–H groups in total. The maximum absolute atomic E-state index is 13.1. The van der Waals surface area contributed by atoms with Crippen LogP contribution in [0.4, 0.5) is 10.8 Å². The summed E-state index contributed by atoms with van der Waals surface area (Å²) < 4.78 is 11.7. The van der Waals surface area contributed by atoms with E-state index in [0.29, 0.717) is 10.9 Å². The number of aryl methyl sites for hydroxylation is 1. The Labute approximate surface area is 196 Å². The highest BCUT2D eigenvalue weighted by Gasteiger charge is 2.32. The lowest BCUT2D eigenvalue weighted by Crippen LogP contribution is -2.32. The zero-order chi connectivity index (χ0) is 22.5. The molecule has 3 aromatic rings. The van der Waals surface area contributed by atoms with Crippen LogP contribution in [0.5, 0.6) is 11.5 Å². The molecule has 1 aliphatic heterocycles. The Hall–Kier alpha value is -2.78. The van der Waals surface area contributed by atoms with Crippen LogP contribution in [-0.2, 0) is 4.79 Å². The highest BCUT2D eigenvalue weighted by atomic mass is 32.2. The third kappa shape index (κ3) is 5.16. The Morgan fingerprint density at radius 3 is 2.88 bits per heavy atom. The molecule has 168 valence electrons. The number of anilines is 2. The molecule has 2 heterocycles. The molecule has 0 saturated carbocycles. The Morgan fingerprint density at radius 1 is 1.22 bits per heavy atom. The van der Waals surface area contributed by atoms with Gasteiger partial charge in [-0.2, -0.15) is 0 Å². The second-order valence-electron chi connectivity index (χ2n) is 7.51. The van der Waals surface area contributed by atoms with Gasteiger partial charge in [0.1, 0.15) is 11.5 Å². The number of nitrogens with zero attached hydrogens (tertiary/aromatic N) is 3. The van der Waals surface area contributed by atoms with Crippen LogP contribution in [0.3, 0.4) is 0 Å². The molecule has 0 aliphatic carbocycles. The van der Waals surface area contributed by atoms with Crippen molar-refractivity contribution in [2.75, 3.05) is 31.8 Å². The minimum atomic E-state index is -0.0129. The number of aromatic nitrogens is 2. The molecular formula is C23H26N4O3S2. The average Bonchev–Trinajstić information content (AvgIpc) is 3.47. The third-order valence-electron chi connectivity index (χ3n) is 5.36. The van der Waals surface area contributed by atoms with E-state index in [1.807, 2.05) is 48.2 Å². The summed E-state index contributed by atoms with van der Waals surface area (Å²) >= 11 is 2.87. The van der Waals surface area contributed by atoms with Crippen LogP contribution in [0.15, 0.2) is 46.8 Å². The van der Waals surface area contributed by atoms with E-state index < -0.39 is 0 Å². The number of hydrogen-bond acceptors (Lipinski definition) is 8. The first-order valence-electron chi connectivity index (χ1n) is 10.4. The molecule has 1 aromatic heterocycles. The minimum absolute atomic E-state index is 0.0129. The topological polar surface area (TPSA) is 76.6 Å². The van der Waals surface area contributed by atoms with E-state index >= 15 is 0 Å². The molecule has 9 heteroatoms. The van der Waals surface area contributed by atoms with E-state index in [9.17, 15) is 4.79 Å². The summed E-state index contributed by atoms with van der Waals surface area (Å²) in [5.41, 5.74) is 3.14. The Balaban J connectivity index is 1.39. The van der Waals surface area contributed by atoms with Gasteiger partial charge in [-0.15, -0.1) is 10.2 Å². The fourth-order valence-corrected chi connectivity index (χ4v) is 5.52. The van der Waals surface area contributed by atoms with Gasteiger partial charge in [0.2, 0.25) is 11.0 Å². The predicted octanol–water partition coefficient (Wildman–Crippen LogP) is 5.06. The maximum atomic E-state index is 13.1. The number of ether oxygens (including phenoxy) is 2. The van der Waals surface area contributed by atoms with Crippen LogP contribution in [0.25, 0.3) is 0 Å². The first-order valence-corrected chi connectivity index (χ1v) is 12.2. The number of rotatable bonds is 8. The maximum Gasteiger partial charge on any atom is 0.233 e. The van der Waals surface area contributed by atoms with Crippen molar-refractivity contribution in [1.29, 1.82) is 0 Å². The van der Waals surface area contributed by atoms with Crippen LogP contribution in [0, 0.1) is 6.92 Å². The zero-order valence-electron chi connectivity index (χ0n) is 18.3. The van der Waals surface area contributed by atoms with E-state index in [0.717, 1.165) is 46.5 Å². The number of thioether (sulfide) groups is 1. The summed E-state index contributed by atoms with van der Waals surface area (Å²) in [6.45, 7) is 2.78. The molecule has 32 heavy (non-hydrogen) atoms. The third-order valence-corrected chi connectivity index (χ3v) is 7.32. The van der Waals surface area contributed by atoms with E-state index in [1.54, 1.807) is 14.2 Å². The second-order valence-corrected chi connectivity index (χ2v) is 9.71. The van der Waals surface area contributed by atoms with Gasteiger partial charge in [-0.1, -0.05) is 35.2 Å². The summed E-state index contributed by atoms with van der Waals surface area (Å²) in [5.74, 6) is 1.95. The van der Waals surface area contributed by atoms with Gasteiger partial charge in [-0.3, -0.25) is 4.79 Å². The summed E-state index contributed by atoms with van der Waals surface area (Å²) in [5, 5.41) is 12.4. The molecule has 0 radical (unpaired) electrons. The van der Waals surface area contributed by atoms with E-state index in [-0.39, 0.29) is 11.9 Å². The molecule has 0 unspecified atom stereocenters. The molecule has 0 bridgehead atoms. The van der Waals surface area contributed by atoms with Crippen molar-refractivity contribution in [3.8, 4) is 11.5 Å². The second kappa shape index (κ2) is 10.2. The van der Waals surface area contributed by atoms with Crippen molar-refractivity contribution in [3.63, 3.8) is 0 Å². The van der Waals surface area contributed by atoms with E-state index in [2.05, 4.69) is 21.6 Å². The lowest BCUT2D eigenvalue weighted by molar-refractivity contribution is -0.129. The molecule has 1 saturated heterocycles. The predicted molar refractivity (Wildman–Crippen MR) is 128 cm³/mol. The molecule has 0 spiro atoms. The molecular weight excluding hydrogens is 444 g/mol. The van der Waals surface area contributed by atoms with Gasteiger partial charge in [-0.25, -0.2) is 0 Å². The lowest BCUT2D eigenvalue weighted by Gasteiger charge is -2.26. The minimum Gasteiger partial charge on any atom is -0.497 e. The summed E-state index contributed by atoms with van der Waals surface area (Å²) in [7, 11) is 3.30. The quantitative estimate of drug-likeness (QED) is 0.461. The Morgan fingerprint density at radius 2 is 2.09 bits per heavy atom. The number of likely N-dealkylation sites (tertiary alicyclic amines) is 1. The number of carbonyl (C=O) groups excluding carboxylic acids is 1. The van der Waals surface area contributed by atoms with Crippen LogP contribution in [0.1, 0.15) is 30.0 Å². The van der Waals surface area contributed by atoms with Crippen molar-refractivity contribution in [2.24, 2.45) is 0 Å². The molecule has 4 rings (SSSR count). The van der Waals surface area contributed by atoms with Gasteiger partial charge < -0.3 is 19.7 Å². The Bertz CT molecular complexity index is 1090. The standard InChI is InChI=1S/C23H26N4O3S2/c1-15-6-4-7-16(12-15)24-22-25-26-23(32-22)31-14-21(28)27-11-5-8-19(27)18-13-17(29-2)9-10-20(18)30-3/h4,6-7,9-10,12-13,19H,5,8,11,14H2,1-3H3,(H,24,25)/t19-/m0/s1. The van der Waals surface area contributed by atoms with Crippen LogP contribution >= 0.6 is 23.1 Å². The molecule has 7 nitrogen and oxygen atoms in total. The molecule has 1 amide bonds. The highest BCUT2D eigenvalue weighted by Crippen LogP contribution is 2.39. The van der Waals surface area contributed by atoms with Crippen molar-refractivity contribution < 1.29 is 14.3 Å². The molecule has 1 aliphatic rings. The van der Waals surface area contributed by atoms with Gasteiger partial charge in [0, 0.05) is 17.8 Å². The van der Waals surface area contributed by atoms with Crippen LogP contribution in [-0.4, -0.2) is 47.5 Å². The normalized spacial score (nSPS) is 15.6. The summed E-state index contributed by atoms with van der Waals surface area (Å²) in [6, 6.07) is 13.8. The fraction of sp³-hybridized carbons (Fsp3) is 0.348. The lowest BCUT2D eigenvalue weighted by atomic mass is 10.0. The van der Waals surface area contributed by atoms with Gasteiger partial charge in [-0.05, 0) is 55.7 Å². The summed E-state index contributed by atoms with van der Waals surface area (Å²) in [4.78, 5) is 15.0. The average molecular weight is 471 g/mol. The van der Waals surface area contributed by atoms with Gasteiger partial charge in [0.05, 0.1) is 26.0 Å². The van der Waals surface area contributed by atoms with Crippen molar-refractivity contribution in [3.05, 3.63) is 53.6 Å². The zero-order valence-corrected chi connectivity index (χ0v) is 20.0. The van der Waals surface area contributed by atoms with Crippen LogP contribution in [0.2, 0.25) is 0 Å². The molecule has 1 fully saturated rings.